The lowest BCUT2D eigenvalue weighted by atomic mass is 10.1. The van der Waals surface area contributed by atoms with Crippen molar-refractivity contribution in [2.24, 2.45) is 0 Å². The number of hydrogen-bond acceptors (Lipinski definition) is 4. The Morgan fingerprint density at radius 1 is 1.00 bits per heavy atom. The SMILES string of the molecule is COc1ccc(CCC(=O)Nc2ccc(CNC(=O)CC#N)cc2)cc1. The fraction of sp³-hybridized carbons (Fsp3) is 0.250. The van der Waals surface area contributed by atoms with Gasteiger partial charge < -0.3 is 15.4 Å². The van der Waals surface area contributed by atoms with Gasteiger partial charge >= 0.3 is 0 Å². The summed E-state index contributed by atoms with van der Waals surface area (Å²) >= 11 is 0. The van der Waals surface area contributed by atoms with E-state index in [-0.39, 0.29) is 18.2 Å². The van der Waals surface area contributed by atoms with Crippen LogP contribution in [-0.2, 0) is 22.6 Å². The van der Waals surface area contributed by atoms with Crippen molar-refractivity contribution in [2.75, 3.05) is 12.4 Å². The van der Waals surface area contributed by atoms with Gasteiger partial charge in [-0.05, 0) is 41.8 Å². The average molecular weight is 351 g/mol. The summed E-state index contributed by atoms with van der Waals surface area (Å²) in [5.74, 6) is 0.432. The molecule has 0 unspecified atom stereocenters. The molecule has 0 aliphatic rings. The Bertz CT molecular complexity index is 777. The second kappa shape index (κ2) is 9.84. The van der Waals surface area contributed by atoms with Crippen molar-refractivity contribution < 1.29 is 14.3 Å². The lowest BCUT2D eigenvalue weighted by molar-refractivity contribution is -0.120. The number of anilines is 1. The van der Waals surface area contributed by atoms with Gasteiger partial charge in [-0.2, -0.15) is 5.26 Å². The highest BCUT2D eigenvalue weighted by Gasteiger charge is 2.05. The molecule has 2 rings (SSSR count). The summed E-state index contributed by atoms with van der Waals surface area (Å²) in [6, 6.07) is 16.7. The normalized spacial score (nSPS) is 9.85. The third kappa shape index (κ3) is 6.29. The third-order valence-electron chi connectivity index (χ3n) is 3.77. The fourth-order valence-electron chi connectivity index (χ4n) is 2.31. The molecule has 2 N–H and O–H groups in total. The molecule has 0 aliphatic heterocycles. The Labute approximate surface area is 152 Å². The minimum Gasteiger partial charge on any atom is -0.497 e. The maximum absolute atomic E-state index is 12.1. The number of benzene rings is 2. The van der Waals surface area contributed by atoms with Crippen LogP contribution in [0.25, 0.3) is 0 Å². The highest BCUT2D eigenvalue weighted by atomic mass is 16.5. The van der Waals surface area contributed by atoms with Crippen molar-refractivity contribution in [3.63, 3.8) is 0 Å². The van der Waals surface area contributed by atoms with E-state index in [0.717, 1.165) is 16.9 Å². The van der Waals surface area contributed by atoms with Gasteiger partial charge in [0.1, 0.15) is 12.2 Å². The highest BCUT2D eigenvalue weighted by molar-refractivity contribution is 5.90. The molecule has 0 saturated heterocycles. The van der Waals surface area contributed by atoms with Crippen molar-refractivity contribution >= 4 is 17.5 Å². The van der Waals surface area contributed by atoms with Crippen LogP contribution >= 0.6 is 0 Å². The molecule has 0 spiro atoms. The average Bonchev–Trinajstić information content (AvgIpc) is 2.66. The minimum absolute atomic E-state index is 0.0594. The number of hydrogen-bond donors (Lipinski definition) is 2. The molecule has 0 bridgehead atoms. The number of nitrogens with one attached hydrogen (secondary N) is 2. The van der Waals surface area contributed by atoms with E-state index >= 15 is 0 Å². The Kier molecular flexibility index (Phi) is 7.19. The summed E-state index contributed by atoms with van der Waals surface area (Å²) in [7, 11) is 1.62. The molecule has 0 heterocycles. The predicted octanol–water partition coefficient (Wildman–Crippen LogP) is 2.80. The molecule has 0 atom stereocenters. The van der Waals surface area contributed by atoms with Gasteiger partial charge in [-0.1, -0.05) is 24.3 Å². The van der Waals surface area contributed by atoms with E-state index in [1.165, 1.54) is 0 Å². The van der Waals surface area contributed by atoms with E-state index in [1.54, 1.807) is 25.3 Å². The molecule has 6 heteroatoms. The number of carbonyl (C=O) groups excluding carboxylic acids is 2. The molecule has 6 nitrogen and oxygen atoms in total. The standard InChI is InChI=1S/C20H21N3O3/c1-26-18-9-4-15(5-10-18)6-11-20(25)23-17-7-2-16(3-8-17)14-22-19(24)12-13-21/h2-5,7-10H,6,11-12,14H2,1H3,(H,22,24)(H,23,25). The van der Waals surface area contributed by atoms with Crippen LogP contribution in [0.15, 0.2) is 48.5 Å². The lowest BCUT2D eigenvalue weighted by Crippen LogP contribution is -2.21. The second-order valence-corrected chi connectivity index (χ2v) is 5.70. The summed E-state index contributed by atoms with van der Waals surface area (Å²) < 4.78 is 5.11. The van der Waals surface area contributed by atoms with Crippen molar-refractivity contribution in [2.45, 2.75) is 25.8 Å². The summed E-state index contributed by atoms with van der Waals surface area (Å²) in [5.41, 5.74) is 2.67. The van der Waals surface area contributed by atoms with Crippen molar-refractivity contribution in [1.82, 2.24) is 5.32 Å². The van der Waals surface area contributed by atoms with Crippen LogP contribution < -0.4 is 15.4 Å². The summed E-state index contributed by atoms with van der Waals surface area (Å²) in [5, 5.41) is 13.9. The first kappa shape index (κ1) is 19.0. The van der Waals surface area contributed by atoms with Gasteiger partial charge in [0, 0.05) is 18.7 Å². The summed E-state index contributed by atoms with van der Waals surface area (Å²) in [6.07, 6.45) is 0.888. The molecule has 26 heavy (non-hydrogen) atoms. The molecular weight excluding hydrogens is 330 g/mol. The van der Waals surface area contributed by atoms with Gasteiger partial charge in [-0.3, -0.25) is 9.59 Å². The molecule has 0 fully saturated rings. The van der Waals surface area contributed by atoms with E-state index in [4.69, 9.17) is 10.00 Å². The van der Waals surface area contributed by atoms with E-state index in [2.05, 4.69) is 10.6 Å². The predicted molar refractivity (Wildman–Crippen MR) is 98.5 cm³/mol. The molecule has 0 radical (unpaired) electrons. The Morgan fingerprint density at radius 2 is 1.65 bits per heavy atom. The Balaban J connectivity index is 1.77. The topological polar surface area (TPSA) is 91.2 Å². The maximum Gasteiger partial charge on any atom is 0.234 e. The lowest BCUT2D eigenvalue weighted by Gasteiger charge is -2.08. The summed E-state index contributed by atoms with van der Waals surface area (Å²) in [6.45, 7) is 0.353. The quantitative estimate of drug-likeness (QED) is 0.765. The first-order valence-corrected chi connectivity index (χ1v) is 8.26. The molecule has 2 amide bonds. The van der Waals surface area contributed by atoms with Crippen LogP contribution in [0.1, 0.15) is 24.0 Å². The van der Waals surface area contributed by atoms with Gasteiger partial charge in [0.15, 0.2) is 0 Å². The smallest absolute Gasteiger partial charge is 0.234 e. The number of nitriles is 1. The van der Waals surface area contributed by atoms with E-state index in [0.29, 0.717) is 25.1 Å². The van der Waals surface area contributed by atoms with Crippen molar-refractivity contribution in [1.29, 1.82) is 5.26 Å². The largest absolute Gasteiger partial charge is 0.497 e. The van der Waals surface area contributed by atoms with Crippen LogP contribution in [-0.4, -0.2) is 18.9 Å². The van der Waals surface area contributed by atoms with E-state index in [1.807, 2.05) is 36.4 Å². The van der Waals surface area contributed by atoms with Crippen molar-refractivity contribution in [3.8, 4) is 11.8 Å². The zero-order valence-corrected chi connectivity index (χ0v) is 14.6. The zero-order valence-electron chi connectivity index (χ0n) is 14.6. The van der Waals surface area contributed by atoms with Crippen molar-refractivity contribution in [3.05, 3.63) is 59.7 Å². The monoisotopic (exact) mass is 351 g/mol. The second-order valence-electron chi connectivity index (χ2n) is 5.70. The van der Waals surface area contributed by atoms with E-state index < -0.39 is 0 Å². The number of rotatable bonds is 8. The first-order valence-electron chi connectivity index (χ1n) is 8.26. The van der Waals surface area contributed by atoms with Crippen LogP contribution in [0.3, 0.4) is 0 Å². The number of aryl methyl sites for hydroxylation is 1. The number of nitrogens with zero attached hydrogens (tertiary/aromatic N) is 1. The number of carbonyl (C=O) groups is 2. The van der Waals surface area contributed by atoms with Crippen LogP contribution in [0.5, 0.6) is 5.75 Å². The molecule has 134 valence electrons. The van der Waals surface area contributed by atoms with Crippen LogP contribution in [0, 0.1) is 11.3 Å². The van der Waals surface area contributed by atoms with E-state index in [9.17, 15) is 9.59 Å². The van der Waals surface area contributed by atoms with Gasteiger partial charge in [0.05, 0.1) is 13.2 Å². The molecular formula is C20H21N3O3. The van der Waals surface area contributed by atoms with Crippen LogP contribution in [0.4, 0.5) is 5.69 Å². The molecule has 2 aromatic carbocycles. The van der Waals surface area contributed by atoms with Gasteiger partial charge in [-0.15, -0.1) is 0 Å². The fourth-order valence-corrected chi connectivity index (χ4v) is 2.31. The first-order chi connectivity index (χ1) is 12.6. The molecule has 0 aliphatic carbocycles. The summed E-state index contributed by atoms with van der Waals surface area (Å²) in [4.78, 5) is 23.3. The Hall–Kier alpha value is -3.33. The molecule has 0 saturated carbocycles. The highest BCUT2D eigenvalue weighted by Crippen LogP contribution is 2.14. The van der Waals surface area contributed by atoms with Gasteiger partial charge in [0.25, 0.3) is 0 Å². The molecule has 0 aromatic heterocycles. The number of methoxy groups -OCH3 is 1. The maximum atomic E-state index is 12.1. The van der Waals surface area contributed by atoms with Gasteiger partial charge in [-0.25, -0.2) is 0 Å². The van der Waals surface area contributed by atoms with Gasteiger partial charge in [0.2, 0.25) is 11.8 Å². The minimum atomic E-state index is -0.302. The molecule has 2 aromatic rings. The third-order valence-corrected chi connectivity index (χ3v) is 3.77. The number of amides is 2. The van der Waals surface area contributed by atoms with Crippen LogP contribution in [0.2, 0.25) is 0 Å². The Morgan fingerprint density at radius 3 is 2.27 bits per heavy atom. The zero-order chi connectivity index (χ0) is 18.8. The number of ether oxygens (including phenoxy) is 1.